The number of carbonyl (C=O) groups excluding carboxylic acids is 2. The van der Waals surface area contributed by atoms with Gasteiger partial charge in [-0.25, -0.2) is 0 Å². The minimum absolute atomic E-state index is 0.0672. The molecule has 0 fully saturated rings. The quantitative estimate of drug-likeness (QED) is 0.258. The standard InChI is InChI=1S/C22H24Br3N3O4S/c1-12(2)6-7-31-18-5-4-14(23)9-16(18)21(30)26-22(33)28-27-19(29)11-32-20-13(3)8-15(24)10-17(20)25/h4-5,8-10,12H,6-7,11H2,1-3H3,(H,27,29)(H2,26,28,30,33). The van der Waals surface area contributed by atoms with E-state index in [0.717, 1.165) is 25.4 Å². The summed E-state index contributed by atoms with van der Waals surface area (Å²) in [5, 5.41) is 2.46. The van der Waals surface area contributed by atoms with E-state index in [1.54, 1.807) is 18.2 Å². The number of amides is 2. The Morgan fingerprint density at radius 1 is 1.03 bits per heavy atom. The van der Waals surface area contributed by atoms with E-state index in [2.05, 4.69) is 77.8 Å². The lowest BCUT2D eigenvalue weighted by Crippen LogP contribution is -2.49. The Kier molecular flexibility index (Phi) is 11.1. The first-order valence-electron chi connectivity index (χ1n) is 9.97. The monoisotopic (exact) mass is 663 g/mol. The Hall–Kier alpha value is -1.69. The van der Waals surface area contributed by atoms with Crippen LogP contribution in [0.3, 0.4) is 0 Å². The van der Waals surface area contributed by atoms with Crippen LogP contribution in [0.4, 0.5) is 0 Å². The van der Waals surface area contributed by atoms with Crippen molar-refractivity contribution in [1.29, 1.82) is 0 Å². The van der Waals surface area contributed by atoms with E-state index in [9.17, 15) is 9.59 Å². The zero-order valence-electron chi connectivity index (χ0n) is 18.3. The summed E-state index contributed by atoms with van der Waals surface area (Å²) in [5.41, 5.74) is 6.08. The number of hydrogen-bond donors (Lipinski definition) is 3. The van der Waals surface area contributed by atoms with E-state index in [0.29, 0.717) is 29.6 Å². The summed E-state index contributed by atoms with van der Waals surface area (Å²) in [6, 6.07) is 8.87. The van der Waals surface area contributed by atoms with Crippen molar-refractivity contribution >= 4 is 76.9 Å². The molecule has 0 aromatic heterocycles. The topological polar surface area (TPSA) is 88.7 Å². The van der Waals surface area contributed by atoms with Gasteiger partial charge in [-0.05, 0) is 83.3 Å². The molecule has 0 bridgehead atoms. The molecule has 11 heteroatoms. The molecule has 7 nitrogen and oxygen atoms in total. The summed E-state index contributed by atoms with van der Waals surface area (Å²) in [6.45, 7) is 6.31. The van der Waals surface area contributed by atoms with Gasteiger partial charge in [-0.2, -0.15) is 0 Å². The molecule has 3 N–H and O–H groups in total. The Labute approximate surface area is 223 Å². The highest BCUT2D eigenvalue weighted by atomic mass is 79.9. The summed E-state index contributed by atoms with van der Waals surface area (Å²) in [4.78, 5) is 24.8. The fourth-order valence-electron chi connectivity index (χ4n) is 2.58. The molecule has 0 saturated heterocycles. The molecule has 0 spiro atoms. The van der Waals surface area contributed by atoms with Crippen LogP contribution in [0.25, 0.3) is 0 Å². The van der Waals surface area contributed by atoms with Crippen molar-refractivity contribution in [1.82, 2.24) is 16.2 Å². The first kappa shape index (κ1) is 27.6. The van der Waals surface area contributed by atoms with Gasteiger partial charge in [0.2, 0.25) is 0 Å². The third kappa shape index (κ3) is 9.23. The van der Waals surface area contributed by atoms with Crippen molar-refractivity contribution in [2.24, 2.45) is 5.92 Å². The highest BCUT2D eigenvalue weighted by Crippen LogP contribution is 2.32. The average molecular weight is 666 g/mol. The number of thiocarbonyl (C=S) groups is 1. The van der Waals surface area contributed by atoms with Crippen LogP contribution in [0, 0.1) is 12.8 Å². The number of carbonyl (C=O) groups is 2. The molecule has 0 saturated carbocycles. The van der Waals surface area contributed by atoms with Crippen LogP contribution < -0.4 is 25.6 Å². The van der Waals surface area contributed by atoms with Crippen molar-refractivity contribution in [3.63, 3.8) is 0 Å². The average Bonchev–Trinajstić information content (AvgIpc) is 2.72. The summed E-state index contributed by atoms with van der Waals surface area (Å²) in [5.74, 6) is 0.557. The third-order valence-corrected chi connectivity index (χ3v) is 5.97. The fraction of sp³-hybridized carbons (Fsp3) is 0.318. The first-order valence-corrected chi connectivity index (χ1v) is 12.8. The molecular formula is C22H24Br3N3O4S. The summed E-state index contributed by atoms with van der Waals surface area (Å²) < 4.78 is 13.7. The molecule has 2 rings (SSSR count). The molecule has 0 aliphatic rings. The van der Waals surface area contributed by atoms with E-state index in [-0.39, 0.29) is 11.7 Å². The lowest BCUT2D eigenvalue weighted by Gasteiger charge is -2.15. The Bertz CT molecular complexity index is 1010. The SMILES string of the molecule is Cc1cc(Br)cc(Br)c1OCC(=O)NNC(=S)NC(=O)c1cc(Br)ccc1OCCC(C)C. The minimum Gasteiger partial charge on any atom is -0.493 e. The van der Waals surface area contributed by atoms with E-state index in [1.807, 2.05) is 19.1 Å². The highest BCUT2D eigenvalue weighted by molar-refractivity contribution is 9.11. The summed E-state index contributed by atoms with van der Waals surface area (Å²) >= 11 is 15.3. The van der Waals surface area contributed by atoms with Crippen LogP contribution in [0.15, 0.2) is 43.7 Å². The van der Waals surface area contributed by atoms with E-state index < -0.39 is 11.8 Å². The number of nitrogens with one attached hydrogen (secondary N) is 3. The van der Waals surface area contributed by atoms with Crippen LogP contribution in [0.5, 0.6) is 11.5 Å². The zero-order valence-corrected chi connectivity index (χ0v) is 23.8. The second kappa shape index (κ2) is 13.3. The molecule has 2 amide bonds. The molecule has 178 valence electrons. The van der Waals surface area contributed by atoms with Crippen molar-refractivity contribution in [3.8, 4) is 11.5 Å². The number of hydrogen-bond acceptors (Lipinski definition) is 5. The summed E-state index contributed by atoms with van der Waals surface area (Å²) in [6.07, 6.45) is 0.863. The number of rotatable bonds is 8. The smallest absolute Gasteiger partial charge is 0.276 e. The van der Waals surface area contributed by atoms with Gasteiger partial charge >= 0.3 is 0 Å². The number of aryl methyl sites for hydroxylation is 1. The van der Waals surface area contributed by atoms with Gasteiger partial charge in [-0.3, -0.25) is 25.8 Å². The fourth-order valence-corrected chi connectivity index (χ4v) is 4.64. The molecule has 0 atom stereocenters. The lowest BCUT2D eigenvalue weighted by atomic mass is 10.1. The highest BCUT2D eigenvalue weighted by Gasteiger charge is 2.16. The van der Waals surface area contributed by atoms with Crippen molar-refractivity contribution < 1.29 is 19.1 Å². The van der Waals surface area contributed by atoms with E-state index in [1.165, 1.54) is 0 Å². The molecule has 0 aliphatic heterocycles. The molecule has 0 unspecified atom stereocenters. The van der Waals surface area contributed by atoms with Crippen LogP contribution in [-0.4, -0.2) is 30.1 Å². The van der Waals surface area contributed by atoms with Crippen molar-refractivity contribution in [2.75, 3.05) is 13.2 Å². The predicted octanol–water partition coefficient (Wildman–Crippen LogP) is 5.42. The molecule has 0 radical (unpaired) electrons. The predicted molar refractivity (Wildman–Crippen MR) is 143 cm³/mol. The maximum absolute atomic E-state index is 12.7. The first-order chi connectivity index (χ1) is 15.6. The van der Waals surface area contributed by atoms with E-state index in [4.69, 9.17) is 21.7 Å². The van der Waals surface area contributed by atoms with Gasteiger partial charge in [0.1, 0.15) is 11.5 Å². The number of hydrazine groups is 1. The van der Waals surface area contributed by atoms with Gasteiger partial charge in [-0.1, -0.05) is 45.7 Å². The summed E-state index contributed by atoms with van der Waals surface area (Å²) in [7, 11) is 0. The molecule has 0 heterocycles. The van der Waals surface area contributed by atoms with Gasteiger partial charge in [0.15, 0.2) is 11.7 Å². The van der Waals surface area contributed by atoms with Crippen molar-refractivity contribution in [3.05, 3.63) is 54.9 Å². The molecule has 2 aromatic rings. The third-order valence-electron chi connectivity index (χ3n) is 4.22. The van der Waals surface area contributed by atoms with Crippen LogP contribution in [0.1, 0.15) is 36.2 Å². The second-order valence-corrected chi connectivity index (χ2v) is 10.5. The molecule has 2 aromatic carbocycles. The normalized spacial score (nSPS) is 10.5. The van der Waals surface area contributed by atoms with Gasteiger partial charge in [0.25, 0.3) is 11.8 Å². The van der Waals surface area contributed by atoms with Gasteiger partial charge < -0.3 is 9.47 Å². The zero-order chi connectivity index (χ0) is 24.5. The minimum atomic E-state index is -0.471. The number of ether oxygens (including phenoxy) is 2. The lowest BCUT2D eigenvalue weighted by molar-refractivity contribution is -0.123. The second-order valence-electron chi connectivity index (χ2n) is 7.45. The van der Waals surface area contributed by atoms with Gasteiger partial charge in [0.05, 0.1) is 16.6 Å². The van der Waals surface area contributed by atoms with Crippen LogP contribution in [0.2, 0.25) is 0 Å². The maximum atomic E-state index is 12.7. The van der Waals surface area contributed by atoms with Gasteiger partial charge in [0, 0.05) is 8.95 Å². The number of benzene rings is 2. The Morgan fingerprint density at radius 3 is 2.42 bits per heavy atom. The Morgan fingerprint density at radius 2 is 1.76 bits per heavy atom. The van der Waals surface area contributed by atoms with E-state index >= 15 is 0 Å². The molecule has 0 aliphatic carbocycles. The maximum Gasteiger partial charge on any atom is 0.276 e. The number of halogens is 3. The molecular weight excluding hydrogens is 642 g/mol. The van der Waals surface area contributed by atoms with Crippen LogP contribution >= 0.6 is 60.0 Å². The largest absolute Gasteiger partial charge is 0.493 e. The van der Waals surface area contributed by atoms with Crippen LogP contribution in [-0.2, 0) is 4.79 Å². The Balaban J connectivity index is 1.87. The molecule has 33 heavy (non-hydrogen) atoms. The van der Waals surface area contributed by atoms with Gasteiger partial charge in [-0.15, -0.1) is 0 Å². The van der Waals surface area contributed by atoms with Crippen molar-refractivity contribution in [2.45, 2.75) is 27.2 Å².